The van der Waals surface area contributed by atoms with Gasteiger partial charge in [0.2, 0.25) is 0 Å². The second-order valence-electron chi connectivity index (χ2n) is 8.44. The molecule has 32 heavy (non-hydrogen) atoms. The maximum absolute atomic E-state index is 13.7. The van der Waals surface area contributed by atoms with Crippen molar-refractivity contribution >= 4 is 11.6 Å². The van der Waals surface area contributed by atoms with E-state index in [1.807, 2.05) is 24.3 Å². The van der Waals surface area contributed by atoms with E-state index in [2.05, 4.69) is 10.1 Å². The number of nitrogens with zero attached hydrogens (tertiary/aromatic N) is 4. The van der Waals surface area contributed by atoms with Crippen molar-refractivity contribution in [1.82, 2.24) is 19.5 Å². The number of alkyl halides is 3. The van der Waals surface area contributed by atoms with Gasteiger partial charge in [0.05, 0.1) is 12.3 Å². The summed E-state index contributed by atoms with van der Waals surface area (Å²) in [5, 5.41) is 3.94. The van der Waals surface area contributed by atoms with E-state index in [0.717, 1.165) is 28.1 Å². The zero-order valence-electron chi connectivity index (χ0n) is 17.6. The number of halogens is 3. The summed E-state index contributed by atoms with van der Waals surface area (Å²) in [5.41, 5.74) is 2.10. The number of hydrogen-bond acceptors (Lipinski definition) is 4. The van der Waals surface area contributed by atoms with E-state index >= 15 is 0 Å². The van der Waals surface area contributed by atoms with E-state index < -0.39 is 18.0 Å². The zero-order valence-corrected chi connectivity index (χ0v) is 17.6. The smallest absolute Gasteiger partial charge is 0.363 e. The van der Waals surface area contributed by atoms with Crippen LogP contribution >= 0.6 is 0 Å². The van der Waals surface area contributed by atoms with Crippen LogP contribution in [0.25, 0.3) is 5.65 Å². The van der Waals surface area contributed by atoms with Crippen LogP contribution in [0.3, 0.4) is 0 Å². The first kappa shape index (κ1) is 20.9. The van der Waals surface area contributed by atoms with Crippen LogP contribution in [0, 0.1) is 6.92 Å². The molecule has 2 aliphatic rings. The second-order valence-corrected chi connectivity index (χ2v) is 8.44. The number of benzene rings is 1. The Morgan fingerprint density at radius 3 is 2.84 bits per heavy atom. The number of piperidine rings is 1. The second kappa shape index (κ2) is 7.88. The highest BCUT2D eigenvalue weighted by Crippen LogP contribution is 2.35. The third-order valence-electron chi connectivity index (χ3n) is 6.23. The van der Waals surface area contributed by atoms with E-state index in [1.54, 1.807) is 11.8 Å². The molecule has 1 saturated heterocycles. The molecule has 0 N–H and O–H groups in total. The van der Waals surface area contributed by atoms with Gasteiger partial charge in [-0.25, -0.2) is 9.50 Å². The molecule has 5 rings (SSSR count). The summed E-state index contributed by atoms with van der Waals surface area (Å²) in [6.45, 7) is 2.97. The predicted octanol–water partition coefficient (Wildman–Crippen LogP) is 4.08. The first-order valence-electron chi connectivity index (χ1n) is 10.7. The third kappa shape index (κ3) is 3.74. The molecule has 9 heteroatoms. The standard InChI is InChI=1S/C23H23F3N4O2/c1-14-11-20-27-18(12-19(23(24,25)26)30(20)28-14)16-6-4-9-29(13-16)22(31)21-17-7-3-2-5-15(17)8-10-32-21/h2-3,5,7,11-12,16,21H,4,6,8-10,13H2,1H3. The molecular formula is C23H23F3N4O2. The molecule has 2 aromatic heterocycles. The molecule has 0 bridgehead atoms. The van der Waals surface area contributed by atoms with E-state index in [4.69, 9.17) is 4.74 Å². The molecule has 0 radical (unpaired) electrons. The van der Waals surface area contributed by atoms with Crippen molar-refractivity contribution in [2.75, 3.05) is 19.7 Å². The van der Waals surface area contributed by atoms with Gasteiger partial charge >= 0.3 is 6.18 Å². The van der Waals surface area contributed by atoms with Gasteiger partial charge in [0.1, 0.15) is 5.69 Å². The Morgan fingerprint density at radius 2 is 2.03 bits per heavy atom. The van der Waals surface area contributed by atoms with Gasteiger partial charge in [0.15, 0.2) is 11.8 Å². The van der Waals surface area contributed by atoms with Crippen molar-refractivity contribution in [3.8, 4) is 0 Å². The van der Waals surface area contributed by atoms with E-state index in [9.17, 15) is 18.0 Å². The highest BCUT2D eigenvalue weighted by Gasteiger charge is 2.38. The SMILES string of the molecule is Cc1cc2nc(C3CCCN(C(=O)C4OCCc5ccccc54)C3)cc(C(F)(F)F)n2n1. The summed E-state index contributed by atoms with van der Waals surface area (Å²) in [5.74, 6) is -0.424. The minimum Gasteiger partial charge on any atom is -0.363 e. The minimum atomic E-state index is -4.56. The molecule has 2 atom stereocenters. The van der Waals surface area contributed by atoms with Crippen molar-refractivity contribution in [2.45, 2.75) is 44.4 Å². The zero-order chi connectivity index (χ0) is 22.5. The van der Waals surface area contributed by atoms with E-state index in [0.29, 0.717) is 43.9 Å². The molecule has 0 aliphatic carbocycles. The molecule has 2 aliphatic heterocycles. The fraction of sp³-hybridized carbons (Fsp3) is 0.435. The van der Waals surface area contributed by atoms with Crippen LogP contribution in [0.5, 0.6) is 0 Å². The van der Waals surface area contributed by atoms with Crippen LogP contribution in [-0.4, -0.2) is 45.1 Å². The Kier molecular flexibility index (Phi) is 5.16. The summed E-state index contributed by atoms with van der Waals surface area (Å²) in [4.78, 5) is 19.5. The number of hydrogen-bond donors (Lipinski definition) is 0. The topological polar surface area (TPSA) is 59.7 Å². The fourth-order valence-electron chi connectivity index (χ4n) is 4.70. The van der Waals surface area contributed by atoms with Gasteiger partial charge in [-0.05, 0) is 43.4 Å². The van der Waals surface area contributed by atoms with Crippen LogP contribution in [0.15, 0.2) is 36.4 Å². The monoisotopic (exact) mass is 444 g/mol. The molecule has 168 valence electrons. The minimum absolute atomic E-state index is 0.140. The van der Waals surface area contributed by atoms with Crippen LogP contribution in [0.2, 0.25) is 0 Å². The number of carbonyl (C=O) groups excluding carboxylic acids is 1. The average molecular weight is 444 g/mol. The van der Waals surface area contributed by atoms with Crippen molar-refractivity contribution in [3.05, 3.63) is 64.6 Å². The number of likely N-dealkylation sites (tertiary alicyclic amines) is 1. The lowest BCUT2D eigenvalue weighted by Crippen LogP contribution is -2.43. The van der Waals surface area contributed by atoms with Gasteiger partial charge in [-0.3, -0.25) is 4.79 Å². The Balaban J connectivity index is 1.44. The lowest BCUT2D eigenvalue weighted by molar-refractivity contribution is -0.146. The van der Waals surface area contributed by atoms with E-state index in [1.165, 1.54) is 6.07 Å². The summed E-state index contributed by atoms with van der Waals surface area (Å²) >= 11 is 0. The van der Waals surface area contributed by atoms with Gasteiger partial charge in [0.25, 0.3) is 5.91 Å². The summed E-state index contributed by atoms with van der Waals surface area (Å²) < 4.78 is 47.7. The highest BCUT2D eigenvalue weighted by molar-refractivity contribution is 5.83. The van der Waals surface area contributed by atoms with Gasteiger partial charge in [-0.1, -0.05) is 24.3 Å². The van der Waals surface area contributed by atoms with Crippen molar-refractivity contribution in [3.63, 3.8) is 0 Å². The van der Waals surface area contributed by atoms with Crippen molar-refractivity contribution in [1.29, 1.82) is 0 Å². The number of fused-ring (bicyclic) bond motifs is 2. The molecule has 0 saturated carbocycles. The molecule has 2 unspecified atom stereocenters. The summed E-state index contributed by atoms with van der Waals surface area (Å²) in [6.07, 6.45) is -3.11. The predicted molar refractivity (Wildman–Crippen MR) is 110 cm³/mol. The molecular weight excluding hydrogens is 421 g/mol. The van der Waals surface area contributed by atoms with Gasteiger partial charge in [-0.15, -0.1) is 0 Å². The Labute approximate surface area is 183 Å². The molecule has 4 heterocycles. The normalized spacial score (nSPS) is 21.6. The molecule has 1 fully saturated rings. The fourth-order valence-corrected chi connectivity index (χ4v) is 4.70. The molecule has 3 aromatic rings. The molecule has 6 nitrogen and oxygen atoms in total. The van der Waals surface area contributed by atoms with Gasteiger partial charge < -0.3 is 9.64 Å². The first-order chi connectivity index (χ1) is 15.3. The number of aryl methyl sites for hydroxylation is 1. The third-order valence-corrected chi connectivity index (χ3v) is 6.23. The number of aromatic nitrogens is 3. The number of amides is 1. The Morgan fingerprint density at radius 1 is 1.22 bits per heavy atom. The van der Waals surface area contributed by atoms with Crippen LogP contribution in [0.1, 0.15) is 53.1 Å². The van der Waals surface area contributed by atoms with Crippen molar-refractivity contribution < 1.29 is 22.7 Å². The van der Waals surface area contributed by atoms with Gasteiger partial charge in [0, 0.05) is 30.8 Å². The highest BCUT2D eigenvalue weighted by atomic mass is 19.4. The lowest BCUT2D eigenvalue weighted by atomic mass is 9.92. The maximum atomic E-state index is 13.7. The summed E-state index contributed by atoms with van der Waals surface area (Å²) in [7, 11) is 0. The van der Waals surface area contributed by atoms with Crippen LogP contribution in [0.4, 0.5) is 13.2 Å². The maximum Gasteiger partial charge on any atom is 0.433 e. The lowest BCUT2D eigenvalue weighted by Gasteiger charge is -2.36. The van der Waals surface area contributed by atoms with Crippen LogP contribution in [-0.2, 0) is 22.1 Å². The van der Waals surface area contributed by atoms with Crippen molar-refractivity contribution in [2.24, 2.45) is 0 Å². The van der Waals surface area contributed by atoms with E-state index in [-0.39, 0.29) is 17.5 Å². The van der Waals surface area contributed by atoms with Gasteiger partial charge in [-0.2, -0.15) is 18.3 Å². The number of carbonyl (C=O) groups is 1. The van der Waals surface area contributed by atoms with Crippen LogP contribution < -0.4 is 0 Å². The summed E-state index contributed by atoms with van der Waals surface area (Å²) in [6, 6.07) is 10.4. The molecule has 1 amide bonds. The number of ether oxygens (including phenoxy) is 1. The molecule has 1 aromatic carbocycles. The quantitative estimate of drug-likeness (QED) is 0.598. The average Bonchev–Trinajstić information content (AvgIpc) is 3.17. The largest absolute Gasteiger partial charge is 0.433 e. The Bertz CT molecular complexity index is 1170. The molecule has 0 spiro atoms. The number of rotatable bonds is 2. The first-order valence-corrected chi connectivity index (χ1v) is 10.7. The Hall–Kier alpha value is -2.94.